The molecule has 5 nitrogen and oxygen atoms in total. The summed E-state index contributed by atoms with van der Waals surface area (Å²) in [7, 11) is 3.40. The van der Waals surface area contributed by atoms with Gasteiger partial charge in [-0.2, -0.15) is 0 Å². The summed E-state index contributed by atoms with van der Waals surface area (Å²) in [5.74, 6) is 1.08. The second-order valence-corrected chi connectivity index (χ2v) is 3.65. The third kappa shape index (κ3) is 3.80. The van der Waals surface area contributed by atoms with Crippen LogP contribution in [0.3, 0.4) is 0 Å². The molecule has 1 rings (SSSR count). The normalized spacial score (nSPS) is 10.4. The molecular weight excluding hydrogens is 222 g/mol. The van der Waals surface area contributed by atoms with E-state index in [0.29, 0.717) is 11.5 Å². The highest BCUT2D eigenvalue weighted by atomic mass is 16.5. The van der Waals surface area contributed by atoms with Gasteiger partial charge in [0.1, 0.15) is 11.5 Å². The van der Waals surface area contributed by atoms with E-state index < -0.39 is 0 Å². The standard InChI is InChI=1S/C12H19NO4/c1-13-11-4-3-10(5-12(11)16-2)17-8-9(6-14)7-15/h3-5,9,13-15H,6-8H2,1-2H3. The molecule has 0 unspecified atom stereocenters. The molecule has 0 heterocycles. The fourth-order valence-corrected chi connectivity index (χ4v) is 1.35. The third-order valence-corrected chi connectivity index (χ3v) is 2.44. The van der Waals surface area contributed by atoms with Gasteiger partial charge in [0.15, 0.2) is 0 Å². The minimum Gasteiger partial charge on any atom is -0.494 e. The molecule has 0 aliphatic carbocycles. The molecule has 0 aliphatic rings. The molecule has 0 bridgehead atoms. The Hall–Kier alpha value is -1.46. The fourth-order valence-electron chi connectivity index (χ4n) is 1.35. The largest absolute Gasteiger partial charge is 0.494 e. The van der Waals surface area contributed by atoms with Gasteiger partial charge in [-0.15, -0.1) is 0 Å². The molecule has 0 spiro atoms. The number of hydrogen-bond acceptors (Lipinski definition) is 5. The van der Waals surface area contributed by atoms with E-state index in [4.69, 9.17) is 19.7 Å². The predicted molar refractivity (Wildman–Crippen MR) is 65.7 cm³/mol. The maximum Gasteiger partial charge on any atom is 0.145 e. The van der Waals surface area contributed by atoms with Crippen molar-refractivity contribution in [2.24, 2.45) is 5.92 Å². The first-order valence-corrected chi connectivity index (χ1v) is 5.45. The van der Waals surface area contributed by atoms with E-state index in [1.807, 2.05) is 13.1 Å². The zero-order valence-electron chi connectivity index (χ0n) is 10.1. The van der Waals surface area contributed by atoms with Gasteiger partial charge in [-0.05, 0) is 12.1 Å². The monoisotopic (exact) mass is 241 g/mol. The molecule has 0 radical (unpaired) electrons. The molecule has 0 fully saturated rings. The number of ether oxygens (including phenoxy) is 2. The Bertz CT molecular complexity index is 339. The molecule has 1 aromatic carbocycles. The molecule has 0 saturated heterocycles. The van der Waals surface area contributed by atoms with E-state index in [1.54, 1.807) is 19.2 Å². The van der Waals surface area contributed by atoms with E-state index in [9.17, 15) is 0 Å². The van der Waals surface area contributed by atoms with Crippen molar-refractivity contribution in [2.45, 2.75) is 0 Å². The van der Waals surface area contributed by atoms with Gasteiger partial charge in [-0.3, -0.25) is 0 Å². The third-order valence-electron chi connectivity index (χ3n) is 2.44. The molecular formula is C12H19NO4. The second kappa shape index (κ2) is 6.98. The van der Waals surface area contributed by atoms with Gasteiger partial charge >= 0.3 is 0 Å². The smallest absolute Gasteiger partial charge is 0.145 e. The van der Waals surface area contributed by atoms with Crippen molar-refractivity contribution in [3.05, 3.63) is 18.2 Å². The van der Waals surface area contributed by atoms with Crippen molar-refractivity contribution in [1.29, 1.82) is 0 Å². The molecule has 3 N–H and O–H groups in total. The van der Waals surface area contributed by atoms with Crippen molar-refractivity contribution in [3.63, 3.8) is 0 Å². The van der Waals surface area contributed by atoms with Crippen LogP contribution in [0.5, 0.6) is 11.5 Å². The van der Waals surface area contributed by atoms with Crippen LogP contribution in [0.25, 0.3) is 0 Å². The zero-order valence-corrected chi connectivity index (χ0v) is 10.1. The van der Waals surface area contributed by atoms with Crippen molar-refractivity contribution in [3.8, 4) is 11.5 Å². The lowest BCUT2D eigenvalue weighted by atomic mass is 10.2. The molecule has 96 valence electrons. The summed E-state index contributed by atoms with van der Waals surface area (Å²) in [4.78, 5) is 0. The van der Waals surface area contributed by atoms with Crippen molar-refractivity contribution >= 4 is 5.69 Å². The first-order chi connectivity index (χ1) is 8.24. The highest BCUT2D eigenvalue weighted by Gasteiger charge is 2.08. The Morgan fingerprint density at radius 2 is 2.00 bits per heavy atom. The number of methoxy groups -OCH3 is 1. The Labute approximate surface area is 101 Å². The van der Waals surface area contributed by atoms with Crippen LogP contribution >= 0.6 is 0 Å². The number of hydrogen-bond donors (Lipinski definition) is 3. The second-order valence-electron chi connectivity index (χ2n) is 3.65. The molecule has 17 heavy (non-hydrogen) atoms. The van der Waals surface area contributed by atoms with E-state index in [1.165, 1.54) is 0 Å². The van der Waals surface area contributed by atoms with Crippen LogP contribution in [0.1, 0.15) is 0 Å². The van der Waals surface area contributed by atoms with Crippen LogP contribution < -0.4 is 14.8 Å². The van der Waals surface area contributed by atoms with E-state index in [-0.39, 0.29) is 25.7 Å². The lowest BCUT2D eigenvalue weighted by molar-refractivity contribution is 0.106. The van der Waals surface area contributed by atoms with E-state index in [2.05, 4.69) is 5.32 Å². The van der Waals surface area contributed by atoms with Gasteiger partial charge in [-0.25, -0.2) is 0 Å². The van der Waals surface area contributed by atoms with E-state index >= 15 is 0 Å². The van der Waals surface area contributed by atoms with Crippen LogP contribution in [-0.2, 0) is 0 Å². The quantitative estimate of drug-likeness (QED) is 0.656. The molecule has 0 amide bonds. The zero-order chi connectivity index (χ0) is 12.7. The van der Waals surface area contributed by atoms with Gasteiger partial charge in [0.2, 0.25) is 0 Å². The summed E-state index contributed by atoms with van der Waals surface area (Å²) in [5.41, 5.74) is 0.876. The Kier molecular flexibility index (Phi) is 5.59. The Morgan fingerprint density at radius 3 is 2.53 bits per heavy atom. The molecule has 0 saturated carbocycles. The summed E-state index contributed by atoms with van der Waals surface area (Å²) in [6, 6.07) is 5.42. The predicted octanol–water partition coefficient (Wildman–Crippen LogP) is 0.716. The van der Waals surface area contributed by atoms with Crippen LogP contribution in [-0.4, -0.2) is 44.2 Å². The summed E-state index contributed by atoms with van der Waals surface area (Å²) < 4.78 is 10.7. The minimum absolute atomic E-state index is 0.0950. The highest BCUT2D eigenvalue weighted by molar-refractivity contribution is 5.58. The van der Waals surface area contributed by atoms with Gasteiger partial charge in [-0.1, -0.05) is 0 Å². The van der Waals surface area contributed by atoms with E-state index in [0.717, 1.165) is 5.69 Å². The summed E-state index contributed by atoms with van der Waals surface area (Å²) >= 11 is 0. The van der Waals surface area contributed by atoms with Gasteiger partial charge in [0.25, 0.3) is 0 Å². The molecule has 0 aliphatic heterocycles. The fraction of sp³-hybridized carbons (Fsp3) is 0.500. The number of nitrogens with one attached hydrogen (secondary N) is 1. The maximum absolute atomic E-state index is 8.91. The van der Waals surface area contributed by atoms with Crippen molar-refractivity contribution < 1.29 is 19.7 Å². The van der Waals surface area contributed by atoms with Crippen LogP contribution in [0.2, 0.25) is 0 Å². The Morgan fingerprint density at radius 1 is 1.29 bits per heavy atom. The Balaban J connectivity index is 2.66. The van der Waals surface area contributed by atoms with Gasteiger partial charge in [0, 0.05) is 19.0 Å². The molecule has 5 heteroatoms. The number of aliphatic hydroxyl groups is 2. The van der Waals surface area contributed by atoms with Gasteiger partial charge < -0.3 is 25.0 Å². The topological polar surface area (TPSA) is 71.0 Å². The first-order valence-electron chi connectivity index (χ1n) is 5.45. The lowest BCUT2D eigenvalue weighted by Gasteiger charge is -2.14. The average molecular weight is 241 g/mol. The molecule has 0 atom stereocenters. The van der Waals surface area contributed by atoms with Crippen molar-refractivity contribution in [1.82, 2.24) is 0 Å². The highest BCUT2D eigenvalue weighted by Crippen LogP contribution is 2.28. The summed E-state index contributed by atoms with van der Waals surface area (Å²) in [6.07, 6.45) is 0. The molecule has 1 aromatic rings. The van der Waals surface area contributed by atoms with Crippen molar-refractivity contribution in [2.75, 3.05) is 39.3 Å². The van der Waals surface area contributed by atoms with Crippen LogP contribution in [0, 0.1) is 5.92 Å². The lowest BCUT2D eigenvalue weighted by Crippen LogP contribution is -2.19. The number of benzene rings is 1. The number of aliphatic hydroxyl groups excluding tert-OH is 2. The van der Waals surface area contributed by atoms with Crippen LogP contribution in [0.15, 0.2) is 18.2 Å². The summed E-state index contributed by atoms with van der Waals surface area (Å²) in [6.45, 7) is 0.0829. The first kappa shape index (κ1) is 13.6. The average Bonchev–Trinajstić information content (AvgIpc) is 2.39. The summed E-state index contributed by atoms with van der Waals surface area (Å²) in [5, 5.41) is 20.8. The van der Waals surface area contributed by atoms with Crippen LogP contribution in [0.4, 0.5) is 5.69 Å². The molecule has 0 aromatic heterocycles. The van der Waals surface area contributed by atoms with Gasteiger partial charge in [0.05, 0.1) is 32.6 Å². The maximum atomic E-state index is 8.91. The number of rotatable bonds is 7. The minimum atomic E-state index is -0.259. The number of anilines is 1. The SMILES string of the molecule is CNc1ccc(OCC(CO)CO)cc1OC.